The number of halogens is 1. The maximum atomic E-state index is 13.4. The minimum atomic E-state index is -4.07. The van der Waals surface area contributed by atoms with E-state index in [1.807, 2.05) is 6.92 Å². The van der Waals surface area contributed by atoms with Crippen LogP contribution in [0.15, 0.2) is 38.2 Å². The molecule has 1 aromatic carbocycles. The predicted molar refractivity (Wildman–Crippen MR) is 122 cm³/mol. The van der Waals surface area contributed by atoms with Crippen LogP contribution in [0.1, 0.15) is 65.9 Å². The fraction of sp³-hybridized carbons (Fsp3) is 0.455. The summed E-state index contributed by atoms with van der Waals surface area (Å²) >= 11 is 3.21. The number of aryl methyl sites for hydroxylation is 1. The van der Waals surface area contributed by atoms with Crippen LogP contribution in [0.25, 0.3) is 0 Å². The first kappa shape index (κ1) is 26.1. The molecule has 0 aliphatic rings. The number of ether oxygens (including phenoxy) is 2. The van der Waals surface area contributed by atoms with E-state index in [1.54, 1.807) is 19.1 Å². The number of unbranched alkanes of at least 4 members (excludes halogenated alkanes) is 2. The Balaban J connectivity index is 2.48. The quantitative estimate of drug-likeness (QED) is 0.337. The standard InChI is InChI=1S/C22H28BrNO7S/c1-5-6-7-8-17(21-16(22(26)30-4)13-19(23)31-21)24-32(27,28)18-10-9-14(2)11-15(18)12-20(25)29-3/h9-11,13,17,24H,5-8,12H2,1-4H3. The summed E-state index contributed by atoms with van der Waals surface area (Å²) in [6, 6.07) is 5.40. The Labute approximate surface area is 196 Å². The number of carbonyl (C=O) groups is 2. The van der Waals surface area contributed by atoms with E-state index in [2.05, 4.69) is 20.7 Å². The lowest BCUT2D eigenvalue weighted by atomic mass is 10.0. The van der Waals surface area contributed by atoms with Gasteiger partial charge >= 0.3 is 11.9 Å². The minimum Gasteiger partial charge on any atom is -0.469 e. The first-order valence-corrected chi connectivity index (χ1v) is 12.5. The normalized spacial score (nSPS) is 12.4. The Bertz CT molecular complexity index is 1060. The molecule has 1 atom stereocenters. The molecule has 2 rings (SSSR count). The van der Waals surface area contributed by atoms with Crippen molar-refractivity contribution in [2.75, 3.05) is 14.2 Å². The highest BCUT2D eigenvalue weighted by molar-refractivity contribution is 9.10. The van der Waals surface area contributed by atoms with Crippen LogP contribution >= 0.6 is 15.9 Å². The van der Waals surface area contributed by atoms with Gasteiger partial charge in [0.1, 0.15) is 11.3 Å². The Morgan fingerprint density at radius 2 is 1.88 bits per heavy atom. The van der Waals surface area contributed by atoms with Crippen molar-refractivity contribution in [3.8, 4) is 0 Å². The van der Waals surface area contributed by atoms with Crippen LogP contribution in [0.2, 0.25) is 0 Å². The van der Waals surface area contributed by atoms with Gasteiger partial charge in [-0.3, -0.25) is 4.79 Å². The third-order valence-corrected chi connectivity index (χ3v) is 6.88. The summed E-state index contributed by atoms with van der Waals surface area (Å²) in [6.45, 7) is 3.84. The molecule has 2 aromatic rings. The zero-order valence-corrected chi connectivity index (χ0v) is 21.0. The molecule has 1 N–H and O–H groups in total. The minimum absolute atomic E-state index is 0.0285. The van der Waals surface area contributed by atoms with Gasteiger partial charge < -0.3 is 13.9 Å². The molecule has 0 saturated carbocycles. The monoisotopic (exact) mass is 529 g/mol. The summed E-state index contributed by atoms with van der Waals surface area (Å²) in [7, 11) is -1.58. The molecule has 0 spiro atoms. The van der Waals surface area contributed by atoms with Crippen LogP contribution in [0.3, 0.4) is 0 Å². The second-order valence-electron chi connectivity index (χ2n) is 7.35. The average Bonchev–Trinajstić information content (AvgIpc) is 3.13. The van der Waals surface area contributed by atoms with Gasteiger partial charge in [-0.1, -0.05) is 43.9 Å². The molecule has 1 aromatic heterocycles. The first-order valence-electron chi connectivity index (χ1n) is 10.2. The van der Waals surface area contributed by atoms with Gasteiger partial charge in [0.25, 0.3) is 0 Å². The molecule has 0 aliphatic carbocycles. The van der Waals surface area contributed by atoms with E-state index in [0.29, 0.717) is 18.4 Å². The van der Waals surface area contributed by atoms with E-state index in [-0.39, 0.29) is 27.3 Å². The topological polar surface area (TPSA) is 112 Å². The van der Waals surface area contributed by atoms with Gasteiger partial charge in [0, 0.05) is 6.07 Å². The number of hydrogen-bond acceptors (Lipinski definition) is 7. The van der Waals surface area contributed by atoms with Gasteiger partial charge in [0.05, 0.1) is 31.6 Å². The molecule has 0 amide bonds. The SMILES string of the molecule is CCCCCC(NS(=O)(=O)c1ccc(C)cc1CC(=O)OC)c1oc(Br)cc1C(=O)OC. The number of methoxy groups -OCH3 is 2. The highest BCUT2D eigenvalue weighted by Gasteiger charge is 2.30. The van der Waals surface area contributed by atoms with Crippen molar-refractivity contribution in [1.29, 1.82) is 0 Å². The molecule has 0 radical (unpaired) electrons. The molecule has 32 heavy (non-hydrogen) atoms. The van der Waals surface area contributed by atoms with Gasteiger partial charge in [-0.2, -0.15) is 0 Å². The second kappa shape index (κ2) is 11.6. The number of hydrogen-bond donors (Lipinski definition) is 1. The highest BCUT2D eigenvalue weighted by Crippen LogP contribution is 2.31. The Kier molecular flexibility index (Phi) is 9.47. The lowest BCUT2D eigenvalue weighted by molar-refractivity contribution is -0.139. The molecule has 0 bridgehead atoms. The molecular weight excluding hydrogens is 502 g/mol. The van der Waals surface area contributed by atoms with Crippen molar-refractivity contribution in [2.45, 2.75) is 56.9 Å². The fourth-order valence-electron chi connectivity index (χ4n) is 3.33. The van der Waals surface area contributed by atoms with Gasteiger partial charge in [-0.25, -0.2) is 17.9 Å². The molecule has 0 aliphatic heterocycles. The lowest BCUT2D eigenvalue weighted by Crippen LogP contribution is -2.30. The molecule has 0 saturated heterocycles. The maximum Gasteiger partial charge on any atom is 0.341 e. The van der Waals surface area contributed by atoms with Crippen molar-refractivity contribution in [3.63, 3.8) is 0 Å². The summed E-state index contributed by atoms with van der Waals surface area (Å²) in [5.74, 6) is -1.00. The number of benzene rings is 1. The zero-order chi connectivity index (χ0) is 23.9. The number of sulfonamides is 1. The van der Waals surface area contributed by atoms with Crippen LogP contribution in [0.4, 0.5) is 0 Å². The van der Waals surface area contributed by atoms with Crippen molar-refractivity contribution < 1.29 is 31.9 Å². The van der Waals surface area contributed by atoms with Gasteiger partial charge in [-0.05, 0) is 40.9 Å². The van der Waals surface area contributed by atoms with E-state index in [9.17, 15) is 18.0 Å². The van der Waals surface area contributed by atoms with Crippen molar-refractivity contribution in [3.05, 3.63) is 51.4 Å². The molecule has 1 heterocycles. The number of nitrogens with one attached hydrogen (secondary N) is 1. The van der Waals surface area contributed by atoms with Gasteiger partial charge in [-0.15, -0.1) is 0 Å². The van der Waals surface area contributed by atoms with Crippen LogP contribution in [-0.4, -0.2) is 34.6 Å². The number of rotatable bonds is 11. The molecule has 1 unspecified atom stereocenters. The van der Waals surface area contributed by atoms with E-state index in [4.69, 9.17) is 13.9 Å². The Morgan fingerprint density at radius 3 is 2.50 bits per heavy atom. The zero-order valence-electron chi connectivity index (χ0n) is 18.6. The van der Waals surface area contributed by atoms with Crippen LogP contribution in [-0.2, 0) is 30.7 Å². The van der Waals surface area contributed by atoms with Crippen LogP contribution < -0.4 is 4.72 Å². The smallest absolute Gasteiger partial charge is 0.341 e. The molecule has 0 fully saturated rings. The highest BCUT2D eigenvalue weighted by atomic mass is 79.9. The summed E-state index contributed by atoms with van der Waals surface area (Å²) < 4.78 is 44.9. The number of carbonyl (C=O) groups excluding carboxylic acids is 2. The third-order valence-electron chi connectivity index (χ3n) is 4.91. The molecular formula is C22H28BrNO7S. The molecule has 10 heteroatoms. The summed E-state index contributed by atoms with van der Waals surface area (Å²) in [5.41, 5.74) is 1.28. The van der Waals surface area contributed by atoms with Crippen molar-refractivity contribution >= 4 is 37.9 Å². The lowest BCUT2D eigenvalue weighted by Gasteiger charge is -2.19. The summed E-state index contributed by atoms with van der Waals surface area (Å²) in [6.07, 6.45) is 2.76. The largest absolute Gasteiger partial charge is 0.469 e. The second-order valence-corrected chi connectivity index (χ2v) is 9.82. The predicted octanol–water partition coefficient (Wildman–Crippen LogP) is 4.45. The van der Waals surface area contributed by atoms with Gasteiger partial charge in [0.15, 0.2) is 4.67 Å². The van der Waals surface area contributed by atoms with E-state index in [0.717, 1.165) is 18.4 Å². The number of furan rings is 1. The Morgan fingerprint density at radius 1 is 1.16 bits per heavy atom. The Hall–Kier alpha value is -2.17. The van der Waals surface area contributed by atoms with Crippen LogP contribution in [0, 0.1) is 6.92 Å². The van der Waals surface area contributed by atoms with E-state index >= 15 is 0 Å². The van der Waals surface area contributed by atoms with Crippen LogP contribution in [0.5, 0.6) is 0 Å². The maximum absolute atomic E-state index is 13.4. The summed E-state index contributed by atoms with van der Waals surface area (Å²) in [4.78, 5) is 24.0. The van der Waals surface area contributed by atoms with E-state index < -0.39 is 28.0 Å². The number of esters is 2. The molecule has 8 nitrogen and oxygen atoms in total. The molecule has 176 valence electrons. The average molecular weight is 530 g/mol. The summed E-state index contributed by atoms with van der Waals surface area (Å²) in [5, 5.41) is 0. The first-order chi connectivity index (χ1) is 15.1. The fourth-order valence-corrected chi connectivity index (χ4v) is 5.18. The van der Waals surface area contributed by atoms with Crippen molar-refractivity contribution in [2.24, 2.45) is 0 Å². The van der Waals surface area contributed by atoms with Crippen molar-refractivity contribution in [1.82, 2.24) is 4.72 Å². The van der Waals surface area contributed by atoms with E-state index in [1.165, 1.54) is 26.4 Å². The van der Waals surface area contributed by atoms with Gasteiger partial charge in [0.2, 0.25) is 10.0 Å². The third kappa shape index (κ3) is 6.66.